The zero-order valence-electron chi connectivity index (χ0n) is 17.1. The zero-order valence-corrected chi connectivity index (χ0v) is 18.7. The highest BCUT2D eigenvalue weighted by Crippen LogP contribution is 2.28. The highest BCUT2D eigenvalue weighted by Gasteiger charge is 2.16. The van der Waals surface area contributed by atoms with Crippen LogP contribution < -0.4 is 5.56 Å². The van der Waals surface area contributed by atoms with Crippen LogP contribution in [0.4, 0.5) is 0 Å². The monoisotopic (exact) mass is 463 g/mol. The van der Waals surface area contributed by atoms with Crippen molar-refractivity contribution >= 4 is 29.0 Å². The smallest absolute Gasteiger partial charge is 0.258 e. The Hall–Kier alpha value is -3.36. The van der Waals surface area contributed by atoms with Crippen LogP contribution in [0.1, 0.15) is 17.0 Å². The van der Waals surface area contributed by atoms with E-state index < -0.39 is 0 Å². The average molecular weight is 464 g/mol. The van der Waals surface area contributed by atoms with E-state index >= 15 is 0 Å². The van der Waals surface area contributed by atoms with Gasteiger partial charge in [-0.1, -0.05) is 23.4 Å². The summed E-state index contributed by atoms with van der Waals surface area (Å²) in [5.74, 6) is 1.98. The number of nitrogens with zero attached hydrogens (tertiary/aromatic N) is 5. The topological polar surface area (TPSA) is 78.2 Å². The van der Waals surface area contributed by atoms with Gasteiger partial charge in [0.15, 0.2) is 11.0 Å². The van der Waals surface area contributed by atoms with Crippen LogP contribution in [0, 0.1) is 6.92 Å². The summed E-state index contributed by atoms with van der Waals surface area (Å²) in [6.07, 6.45) is 3.39. The Morgan fingerprint density at radius 2 is 1.94 bits per heavy atom. The zero-order chi connectivity index (χ0) is 22.1. The number of benzene rings is 1. The second-order valence-electron chi connectivity index (χ2n) is 7.29. The molecule has 0 radical (unpaired) electrons. The summed E-state index contributed by atoms with van der Waals surface area (Å²) < 4.78 is 9.08. The number of rotatable bonds is 6. The molecule has 0 aliphatic rings. The van der Waals surface area contributed by atoms with Gasteiger partial charge in [-0.15, -0.1) is 10.2 Å². The maximum Gasteiger partial charge on any atom is 0.258 e. The lowest BCUT2D eigenvalue weighted by Gasteiger charge is -2.09. The van der Waals surface area contributed by atoms with E-state index in [1.54, 1.807) is 22.9 Å². The molecule has 0 spiro atoms. The van der Waals surface area contributed by atoms with Crippen LogP contribution in [0.5, 0.6) is 0 Å². The first kappa shape index (κ1) is 20.5. The van der Waals surface area contributed by atoms with Crippen molar-refractivity contribution in [2.75, 3.05) is 0 Å². The molecule has 0 bridgehead atoms. The van der Waals surface area contributed by atoms with E-state index in [1.165, 1.54) is 11.8 Å². The summed E-state index contributed by atoms with van der Waals surface area (Å²) in [7, 11) is 0. The van der Waals surface area contributed by atoms with E-state index in [0.717, 1.165) is 16.9 Å². The molecule has 5 aromatic rings. The Labute approximate surface area is 192 Å². The first-order chi connectivity index (χ1) is 15.6. The Kier molecular flexibility index (Phi) is 5.55. The molecular formula is C23H18ClN5O2S. The van der Waals surface area contributed by atoms with Crippen LogP contribution in [-0.4, -0.2) is 24.1 Å². The van der Waals surface area contributed by atoms with Gasteiger partial charge in [0, 0.05) is 28.6 Å². The lowest BCUT2D eigenvalue weighted by molar-refractivity contribution is 0.485. The van der Waals surface area contributed by atoms with Crippen molar-refractivity contribution in [2.24, 2.45) is 0 Å². The van der Waals surface area contributed by atoms with E-state index in [1.807, 2.05) is 60.0 Å². The third kappa shape index (κ3) is 4.19. The van der Waals surface area contributed by atoms with Crippen LogP contribution in [0.25, 0.3) is 17.0 Å². The SMILES string of the molecule is Cc1ccn2c(=O)cc(CSc3nnc(-c4ccc(Cl)cc4)n3Cc3ccco3)nc2c1. The highest BCUT2D eigenvalue weighted by atomic mass is 35.5. The van der Waals surface area contributed by atoms with Gasteiger partial charge in [-0.3, -0.25) is 13.8 Å². The molecule has 160 valence electrons. The van der Waals surface area contributed by atoms with Gasteiger partial charge in [0.25, 0.3) is 5.56 Å². The molecule has 4 heterocycles. The molecule has 0 N–H and O–H groups in total. The van der Waals surface area contributed by atoms with E-state index in [-0.39, 0.29) is 5.56 Å². The molecule has 9 heteroatoms. The Morgan fingerprint density at radius 1 is 1.09 bits per heavy atom. The van der Waals surface area contributed by atoms with Gasteiger partial charge in [-0.05, 0) is 61.0 Å². The van der Waals surface area contributed by atoms with Gasteiger partial charge in [0.2, 0.25) is 0 Å². The Balaban J connectivity index is 1.47. The predicted octanol–water partition coefficient (Wildman–Crippen LogP) is 4.85. The molecule has 7 nitrogen and oxygen atoms in total. The minimum absolute atomic E-state index is 0.107. The van der Waals surface area contributed by atoms with Crippen molar-refractivity contribution in [3.05, 3.63) is 99.5 Å². The quantitative estimate of drug-likeness (QED) is 0.335. The van der Waals surface area contributed by atoms with Gasteiger partial charge in [0.1, 0.15) is 11.4 Å². The number of hydrogen-bond donors (Lipinski definition) is 0. The lowest BCUT2D eigenvalue weighted by Crippen LogP contribution is -2.15. The maximum atomic E-state index is 12.5. The van der Waals surface area contributed by atoms with Gasteiger partial charge in [-0.2, -0.15) is 0 Å². The van der Waals surface area contributed by atoms with Crippen LogP contribution in [-0.2, 0) is 12.3 Å². The van der Waals surface area contributed by atoms with Crippen LogP contribution in [0.3, 0.4) is 0 Å². The summed E-state index contributed by atoms with van der Waals surface area (Å²) in [5.41, 5.74) is 3.16. The van der Waals surface area contributed by atoms with Crippen molar-refractivity contribution in [1.29, 1.82) is 0 Å². The number of hydrogen-bond acceptors (Lipinski definition) is 6. The van der Waals surface area contributed by atoms with Crippen molar-refractivity contribution in [1.82, 2.24) is 24.1 Å². The minimum Gasteiger partial charge on any atom is -0.467 e. The fourth-order valence-electron chi connectivity index (χ4n) is 3.38. The van der Waals surface area contributed by atoms with Gasteiger partial charge < -0.3 is 4.42 Å². The molecule has 0 unspecified atom stereocenters. The second-order valence-corrected chi connectivity index (χ2v) is 8.66. The van der Waals surface area contributed by atoms with E-state index in [9.17, 15) is 4.79 Å². The minimum atomic E-state index is -0.107. The fourth-order valence-corrected chi connectivity index (χ4v) is 4.33. The molecule has 1 aromatic carbocycles. The van der Waals surface area contributed by atoms with E-state index in [0.29, 0.717) is 39.6 Å². The molecule has 0 amide bonds. The number of furan rings is 1. The number of aromatic nitrogens is 5. The molecule has 0 saturated carbocycles. The van der Waals surface area contributed by atoms with E-state index in [4.69, 9.17) is 16.0 Å². The molecule has 0 atom stereocenters. The Morgan fingerprint density at radius 3 is 2.72 bits per heavy atom. The summed E-state index contributed by atoms with van der Waals surface area (Å²) >= 11 is 7.52. The molecule has 4 aromatic heterocycles. The molecule has 5 rings (SSSR count). The standard InChI is InChI=1S/C23H18ClN5O2S/c1-15-8-9-28-20(11-15)25-18(12-21(28)30)14-32-23-27-26-22(16-4-6-17(24)7-5-16)29(23)13-19-3-2-10-31-19/h2-12H,13-14H2,1H3. The number of halogens is 1. The van der Waals surface area contributed by atoms with E-state index in [2.05, 4.69) is 15.2 Å². The number of pyridine rings is 1. The largest absolute Gasteiger partial charge is 0.467 e. The molecule has 0 saturated heterocycles. The fraction of sp³-hybridized carbons (Fsp3) is 0.130. The molecule has 0 aliphatic carbocycles. The van der Waals surface area contributed by atoms with Crippen LogP contribution in [0.15, 0.2) is 81.4 Å². The third-order valence-corrected chi connectivity index (χ3v) is 6.19. The second kappa shape index (κ2) is 8.64. The maximum absolute atomic E-state index is 12.5. The summed E-state index contributed by atoms with van der Waals surface area (Å²) in [6, 6.07) is 16.6. The van der Waals surface area contributed by atoms with Crippen molar-refractivity contribution < 1.29 is 4.42 Å². The summed E-state index contributed by atoms with van der Waals surface area (Å²) in [6.45, 7) is 2.45. The highest BCUT2D eigenvalue weighted by molar-refractivity contribution is 7.98. The number of fused-ring (bicyclic) bond motifs is 1. The van der Waals surface area contributed by atoms with Gasteiger partial charge >= 0.3 is 0 Å². The Bertz CT molecular complexity index is 1440. The van der Waals surface area contributed by atoms with Crippen molar-refractivity contribution in [3.63, 3.8) is 0 Å². The molecule has 0 aliphatic heterocycles. The average Bonchev–Trinajstić information content (AvgIpc) is 3.43. The first-order valence-electron chi connectivity index (χ1n) is 9.90. The molecule has 32 heavy (non-hydrogen) atoms. The lowest BCUT2D eigenvalue weighted by atomic mass is 10.2. The van der Waals surface area contributed by atoms with Crippen molar-refractivity contribution in [3.8, 4) is 11.4 Å². The van der Waals surface area contributed by atoms with Crippen LogP contribution in [0.2, 0.25) is 5.02 Å². The van der Waals surface area contributed by atoms with Crippen molar-refractivity contribution in [2.45, 2.75) is 24.4 Å². The van der Waals surface area contributed by atoms with Gasteiger partial charge in [-0.25, -0.2) is 4.98 Å². The molecule has 0 fully saturated rings. The first-order valence-corrected chi connectivity index (χ1v) is 11.3. The number of thioether (sulfide) groups is 1. The third-order valence-electron chi connectivity index (χ3n) is 4.94. The van der Waals surface area contributed by atoms with Gasteiger partial charge in [0.05, 0.1) is 18.5 Å². The van der Waals surface area contributed by atoms with Crippen LogP contribution >= 0.6 is 23.4 Å². The normalized spacial score (nSPS) is 11.3. The summed E-state index contributed by atoms with van der Waals surface area (Å²) in [4.78, 5) is 17.1. The predicted molar refractivity (Wildman–Crippen MR) is 124 cm³/mol. The molecular weight excluding hydrogens is 446 g/mol. The summed E-state index contributed by atoms with van der Waals surface area (Å²) in [5, 5.41) is 10.2. The number of aryl methyl sites for hydroxylation is 1.